The Bertz CT molecular complexity index is 605. The molecule has 2 aromatic rings. The van der Waals surface area contributed by atoms with E-state index in [1.807, 2.05) is 16.8 Å². The zero-order chi connectivity index (χ0) is 14.7. The lowest BCUT2D eigenvalue weighted by Crippen LogP contribution is -2.28. The molecule has 1 aromatic heterocycles. The number of amides is 1. The number of phenolic OH excluding ortho intramolecular Hbond substituents is 1. The van der Waals surface area contributed by atoms with Crippen molar-refractivity contribution in [2.45, 2.75) is 19.9 Å². The summed E-state index contributed by atoms with van der Waals surface area (Å²) in [5, 5.41) is 9.30. The summed E-state index contributed by atoms with van der Waals surface area (Å²) in [6.07, 6.45) is 2.88. The van der Waals surface area contributed by atoms with Gasteiger partial charge in [0.2, 0.25) is 0 Å². The highest BCUT2D eigenvalue weighted by Crippen LogP contribution is 2.22. The summed E-state index contributed by atoms with van der Waals surface area (Å²) in [6, 6.07) is 8.40. The van der Waals surface area contributed by atoms with Crippen molar-refractivity contribution in [3.8, 4) is 5.75 Å². The fraction of sp³-hybridized carbons (Fsp3) is 0.267. The fourth-order valence-electron chi connectivity index (χ4n) is 2.05. The lowest BCUT2D eigenvalue weighted by atomic mass is 10.2. The van der Waals surface area contributed by atoms with Gasteiger partial charge in [-0.05, 0) is 52.7 Å². The van der Waals surface area contributed by atoms with E-state index < -0.39 is 0 Å². The van der Waals surface area contributed by atoms with Crippen molar-refractivity contribution in [3.05, 3.63) is 46.7 Å². The van der Waals surface area contributed by atoms with Gasteiger partial charge < -0.3 is 14.6 Å². The maximum absolute atomic E-state index is 12.6. The number of carbonyl (C=O) groups excluding carboxylic acids is 1. The van der Waals surface area contributed by atoms with Crippen LogP contribution in [0.2, 0.25) is 0 Å². The van der Waals surface area contributed by atoms with Crippen LogP contribution in [-0.4, -0.2) is 22.6 Å². The van der Waals surface area contributed by atoms with E-state index in [2.05, 4.69) is 22.9 Å². The second kappa shape index (κ2) is 6.13. The van der Waals surface area contributed by atoms with E-state index in [9.17, 15) is 9.90 Å². The number of aryl methyl sites for hydroxylation is 1. The Morgan fingerprint density at radius 1 is 1.35 bits per heavy atom. The Labute approximate surface area is 126 Å². The largest absolute Gasteiger partial charge is 0.508 e. The molecule has 0 atom stereocenters. The molecule has 4 nitrogen and oxygen atoms in total. The van der Waals surface area contributed by atoms with Crippen molar-refractivity contribution in [3.63, 3.8) is 0 Å². The van der Waals surface area contributed by atoms with Crippen LogP contribution in [0.25, 0.3) is 0 Å². The molecule has 0 saturated heterocycles. The molecule has 0 fully saturated rings. The average molecular weight is 337 g/mol. The number of benzene rings is 1. The van der Waals surface area contributed by atoms with Crippen molar-refractivity contribution < 1.29 is 9.90 Å². The first-order chi connectivity index (χ1) is 9.52. The number of anilines is 1. The van der Waals surface area contributed by atoms with Gasteiger partial charge in [0.25, 0.3) is 5.91 Å². The van der Waals surface area contributed by atoms with Crippen LogP contribution < -0.4 is 4.90 Å². The van der Waals surface area contributed by atoms with Crippen LogP contribution in [0.3, 0.4) is 0 Å². The highest BCUT2D eigenvalue weighted by atomic mass is 79.9. The summed E-state index contributed by atoms with van der Waals surface area (Å²) in [5.41, 5.74) is 1.39. The molecule has 1 heterocycles. The number of carbonyl (C=O) groups is 1. The minimum Gasteiger partial charge on any atom is -0.508 e. The molecular weight excluding hydrogens is 320 g/mol. The third-order valence-corrected chi connectivity index (χ3v) is 3.52. The van der Waals surface area contributed by atoms with Gasteiger partial charge in [-0.15, -0.1) is 0 Å². The number of hydrogen-bond acceptors (Lipinski definition) is 2. The molecule has 106 valence electrons. The SMILES string of the molecule is CCCn1cc(Br)cc1C(=O)N(C)c1ccc(O)cc1. The molecule has 20 heavy (non-hydrogen) atoms. The minimum atomic E-state index is -0.0742. The number of phenols is 1. The quantitative estimate of drug-likeness (QED) is 0.926. The smallest absolute Gasteiger partial charge is 0.274 e. The van der Waals surface area contributed by atoms with Crippen molar-refractivity contribution in [2.75, 3.05) is 11.9 Å². The normalized spacial score (nSPS) is 10.6. The van der Waals surface area contributed by atoms with Crippen LogP contribution in [0.5, 0.6) is 5.75 Å². The van der Waals surface area contributed by atoms with Crippen molar-refractivity contribution >= 4 is 27.5 Å². The van der Waals surface area contributed by atoms with Crippen molar-refractivity contribution in [2.24, 2.45) is 0 Å². The van der Waals surface area contributed by atoms with E-state index in [-0.39, 0.29) is 11.7 Å². The third-order valence-electron chi connectivity index (χ3n) is 3.09. The van der Waals surface area contributed by atoms with E-state index in [0.717, 1.165) is 23.1 Å². The van der Waals surface area contributed by atoms with Gasteiger partial charge in [0.1, 0.15) is 11.4 Å². The standard InChI is InChI=1S/C15H17BrN2O2/c1-3-8-18-10-11(16)9-14(18)15(20)17(2)12-4-6-13(19)7-5-12/h4-7,9-10,19H,3,8H2,1-2H3. The van der Waals surface area contributed by atoms with E-state index >= 15 is 0 Å². The van der Waals surface area contributed by atoms with Crippen molar-refractivity contribution in [1.82, 2.24) is 4.57 Å². The Balaban J connectivity index is 2.28. The number of nitrogens with zero attached hydrogens (tertiary/aromatic N) is 2. The highest BCUT2D eigenvalue weighted by molar-refractivity contribution is 9.10. The summed E-state index contributed by atoms with van der Waals surface area (Å²) in [6.45, 7) is 2.88. The average Bonchev–Trinajstić information content (AvgIpc) is 2.79. The first-order valence-electron chi connectivity index (χ1n) is 6.45. The van der Waals surface area contributed by atoms with Crippen LogP contribution in [0.15, 0.2) is 41.0 Å². The molecule has 1 aromatic carbocycles. The van der Waals surface area contributed by atoms with Crippen LogP contribution >= 0.6 is 15.9 Å². The number of rotatable bonds is 4. The molecule has 2 rings (SSSR count). The van der Waals surface area contributed by atoms with E-state index in [1.165, 1.54) is 0 Å². The van der Waals surface area contributed by atoms with Gasteiger partial charge in [-0.25, -0.2) is 0 Å². The molecule has 0 bridgehead atoms. The van der Waals surface area contributed by atoms with E-state index in [1.54, 1.807) is 36.2 Å². The predicted octanol–water partition coefficient (Wildman–Crippen LogP) is 3.64. The highest BCUT2D eigenvalue weighted by Gasteiger charge is 2.18. The predicted molar refractivity (Wildman–Crippen MR) is 83.3 cm³/mol. The van der Waals surface area contributed by atoms with Gasteiger partial charge in [-0.2, -0.15) is 0 Å². The number of aromatic hydroxyl groups is 1. The monoisotopic (exact) mass is 336 g/mol. The van der Waals surface area contributed by atoms with Gasteiger partial charge in [0.15, 0.2) is 0 Å². The maximum atomic E-state index is 12.6. The Morgan fingerprint density at radius 2 is 2.00 bits per heavy atom. The minimum absolute atomic E-state index is 0.0742. The second-order valence-electron chi connectivity index (χ2n) is 4.62. The van der Waals surface area contributed by atoms with Gasteiger partial charge in [-0.1, -0.05) is 6.92 Å². The molecule has 0 aliphatic heterocycles. The Kier molecular flexibility index (Phi) is 4.49. The van der Waals surface area contributed by atoms with E-state index in [4.69, 9.17) is 0 Å². The topological polar surface area (TPSA) is 45.5 Å². The fourth-order valence-corrected chi connectivity index (χ4v) is 2.51. The first-order valence-corrected chi connectivity index (χ1v) is 7.25. The molecule has 0 unspecified atom stereocenters. The van der Waals surface area contributed by atoms with Crippen LogP contribution in [0.4, 0.5) is 5.69 Å². The molecule has 5 heteroatoms. The summed E-state index contributed by atoms with van der Waals surface area (Å²) >= 11 is 3.41. The molecule has 0 aliphatic rings. The number of aromatic nitrogens is 1. The Morgan fingerprint density at radius 3 is 2.60 bits per heavy atom. The molecule has 1 N–H and O–H groups in total. The molecular formula is C15H17BrN2O2. The molecule has 0 aliphatic carbocycles. The molecule has 0 saturated carbocycles. The lowest BCUT2D eigenvalue weighted by molar-refractivity contribution is 0.0984. The molecule has 1 amide bonds. The zero-order valence-electron chi connectivity index (χ0n) is 11.5. The first kappa shape index (κ1) is 14.7. The summed E-state index contributed by atoms with van der Waals surface area (Å²) < 4.78 is 2.84. The van der Waals surface area contributed by atoms with Gasteiger partial charge in [-0.3, -0.25) is 4.79 Å². The Hall–Kier alpha value is -1.75. The van der Waals surface area contributed by atoms with Gasteiger partial charge in [0.05, 0.1) is 0 Å². The summed E-state index contributed by atoms with van der Waals surface area (Å²) in [7, 11) is 1.73. The van der Waals surface area contributed by atoms with Crippen LogP contribution in [-0.2, 0) is 6.54 Å². The van der Waals surface area contributed by atoms with Crippen LogP contribution in [0, 0.1) is 0 Å². The summed E-state index contributed by atoms with van der Waals surface area (Å²) in [4.78, 5) is 14.1. The van der Waals surface area contributed by atoms with Gasteiger partial charge in [0, 0.05) is 29.9 Å². The van der Waals surface area contributed by atoms with E-state index in [0.29, 0.717) is 5.69 Å². The second-order valence-corrected chi connectivity index (χ2v) is 5.53. The zero-order valence-corrected chi connectivity index (χ0v) is 13.1. The third kappa shape index (κ3) is 3.04. The van der Waals surface area contributed by atoms with Gasteiger partial charge >= 0.3 is 0 Å². The molecule has 0 spiro atoms. The number of halogens is 1. The number of hydrogen-bond donors (Lipinski definition) is 1. The lowest BCUT2D eigenvalue weighted by Gasteiger charge is -2.18. The molecule has 0 radical (unpaired) electrons. The summed E-state index contributed by atoms with van der Waals surface area (Å²) in [5.74, 6) is 0.113. The van der Waals surface area contributed by atoms with Crippen molar-refractivity contribution in [1.29, 1.82) is 0 Å². The van der Waals surface area contributed by atoms with Crippen LogP contribution in [0.1, 0.15) is 23.8 Å². The maximum Gasteiger partial charge on any atom is 0.274 e.